The molecule has 0 saturated carbocycles. The van der Waals surface area contributed by atoms with Gasteiger partial charge in [0.05, 0.1) is 16.5 Å². The smallest absolute Gasteiger partial charge is 0.234 e. The van der Waals surface area contributed by atoms with E-state index in [0.717, 1.165) is 42.3 Å². The number of pyridine rings is 1. The number of hydrogen-bond donors (Lipinski definition) is 1. The molecule has 24 heavy (non-hydrogen) atoms. The highest BCUT2D eigenvalue weighted by Crippen LogP contribution is 2.30. The van der Waals surface area contributed by atoms with Crippen LogP contribution in [0.1, 0.15) is 12.8 Å². The lowest BCUT2D eigenvalue weighted by Crippen LogP contribution is -2.22. The molecule has 1 aromatic carbocycles. The first kappa shape index (κ1) is 17.4. The Balaban J connectivity index is 1.64. The molecule has 1 aromatic heterocycles. The van der Waals surface area contributed by atoms with E-state index in [1.807, 2.05) is 12.1 Å². The van der Waals surface area contributed by atoms with Crippen molar-refractivity contribution in [3.05, 3.63) is 46.6 Å². The van der Waals surface area contributed by atoms with Crippen LogP contribution in [0.3, 0.4) is 0 Å². The molecular weight excluding hydrogens is 365 g/mol. The Morgan fingerprint density at radius 2 is 2.04 bits per heavy atom. The molecule has 0 atom stereocenters. The molecule has 1 N–H and O–H groups in total. The molecule has 2 heterocycles. The molecule has 4 nitrogen and oxygen atoms in total. The van der Waals surface area contributed by atoms with Gasteiger partial charge >= 0.3 is 0 Å². The number of thioether (sulfide) groups is 1. The van der Waals surface area contributed by atoms with Crippen molar-refractivity contribution < 1.29 is 4.79 Å². The Morgan fingerprint density at radius 1 is 1.25 bits per heavy atom. The van der Waals surface area contributed by atoms with Crippen LogP contribution >= 0.6 is 35.0 Å². The highest BCUT2D eigenvalue weighted by Gasteiger charge is 2.18. The van der Waals surface area contributed by atoms with Crippen LogP contribution in [0.15, 0.2) is 41.4 Å². The molecule has 0 aliphatic carbocycles. The van der Waals surface area contributed by atoms with Gasteiger partial charge in [-0.1, -0.05) is 23.2 Å². The van der Waals surface area contributed by atoms with Crippen LogP contribution in [0.2, 0.25) is 10.0 Å². The summed E-state index contributed by atoms with van der Waals surface area (Å²) in [4.78, 5) is 19.7. The molecule has 1 saturated heterocycles. The van der Waals surface area contributed by atoms with Gasteiger partial charge in [-0.2, -0.15) is 0 Å². The van der Waals surface area contributed by atoms with E-state index < -0.39 is 0 Å². The average molecular weight is 382 g/mol. The van der Waals surface area contributed by atoms with Gasteiger partial charge in [0.25, 0.3) is 0 Å². The maximum Gasteiger partial charge on any atom is 0.234 e. The first-order chi connectivity index (χ1) is 11.6. The molecule has 1 fully saturated rings. The van der Waals surface area contributed by atoms with Gasteiger partial charge in [-0.15, -0.1) is 11.8 Å². The van der Waals surface area contributed by atoms with E-state index in [-0.39, 0.29) is 11.7 Å². The minimum absolute atomic E-state index is 0.0931. The Morgan fingerprint density at radius 3 is 2.83 bits per heavy atom. The second-order valence-corrected chi connectivity index (χ2v) is 7.34. The summed E-state index contributed by atoms with van der Waals surface area (Å²) in [6.45, 7) is 1.96. The number of benzene rings is 1. The SMILES string of the molecule is O=C(CSc1cc(Cl)ccc1Cl)Nc1cccnc1N1CCCC1. The van der Waals surface area contributed by atoms with Crippen LogP contribution in [0, 0.1) is 0 Å². The van der Waals surface area contributed by atoms with Gasteiger partial charge < -0.3 is 10.2 Å². The van der Waals surface area contributed by atoms with Crippen molar-refractivity contribution in [1.29, 1.82) is 0 Å². The van der Waals surface area contributed by atoms with Gasteiger partial charge in [0.15, 0.2) is 5.82 Å². The molecule has 3 rings (SSSR count). The van der Waals surface area contributed by atoms with Crippen molar-refractivity contribution in [3.63, 3.8) is 0 Å². The normalized spacial score (nSPS) is 14.0. The summed E-state index contributed by atoms with van der Waals surface area (Å²) in [6.07, 6.45) is 4.07. The van der Waals surface area contributed by atoms with Gasteiger partial charge in [-0.25, -0.2) is 4.98 Å². The fourth-order valence-corrected chi connectivity index (χ4v) is 3.89. The number of carbonyl (C=O) groups is 1. The van der Waals surface area contributed by atoms with Crippen LogP contribution in [-0.4, -0.2) is 29.7 Å². The van der Waals surface area contributed by atoms with Gasteiger partial charge in [0, 0.05) is 29.2 Å². The lowest BCUT2D eigenvalue weighted by molar-refractivity contribution is -0.113. The van der Waals surface area contributed by atoms with E-state index in [4.69, 9.17) is 23.2 Å². The lowest BCUT2D eigenvalue weighted by atomic mass is 10.3. The standard InChI is InChI=1S/C17H17Cl2N3OS/c18-12-5-6-13(19)15(10-12)24-11-16(23)21-14-4-3-7-20-17(14)22-8-1-2-9-22/h3-7,10H,1-2,8-9,11H2,(H,21,23). The molecule has 2 aromatic rings. The molecule has 7 heteroatoms. The van der Waals surface area contributed by atoms with Crippen molar-refractivity contribution >= 4 is 52.4 Å². The Bertz CT molecular complexity index is 736. The number of nitrogens with zero attached hydrogens (tertiary/aromatic N) is 2. The maximum atomic E-state index is 12.3. The predicted octanol–water partition coefficient (Wildman–Crippen LogP) is 4.72. The van der Waals surface area contributed by atoms with Crippen molar-refractivity contribution in [2.75, 3.05) is 29.1 Å². The summed E-state index contributed by atoms with van der Waals surface area (Å²) in [5, 5.41) is 4.15. The highest BCUT2D eigenvalue weighted by atomic mass is 35.5. The van der Waals surface area contributed by atoms with Gasteiger partial charge in [-0.05, 0) is 43.2 Å². The molecule has 0 spiro atoms. The first-order valence-corrected chi connectivity index (χ1v) is 9.45. The number of anilines is 2. The number of amides is 1. The third-order valence-electron chi connectivity index (χ3n) is 3.72. The Hall–Kier alpha value is -1.43. The topological polar surface area (TPSA) is 45.2 Å². The molecule has 0 radical (unpaired) electrons. The summed E-state index contributed by atoms with van der Waals surface area (Å²) < 4.78 is 0. The van der Waals surface area contributed by atoms with Crippen LogP contribution < -0.4 is 10.2 Å². The zero-order valence-electron chi connectivity index (χ0n) is 13.0. The van der Waals surface area contributed by atoms with E-state index >= 15 is 0 Å². The van der Waals surface area contributed by atoms with Crippen molar-refractivity contribution in [2.24, 2.45) is 0 Å². The van der Waals surface area contributed by atoms with Crippen molar-refractivity contribution in [2.45, 2.75) is 17.7 Å². The van der Waals surface area contributed by atoms with Crippen LogP contribution in [0.5, 0.6) is 0 Å². The van der Waals surface area contributed by atoms with Gasteiger partial charge in [0.1, 0.15) is 0 Å². The average Bonchev–Trinajstić information content (AvgIpc) is 3.10. The summed E-state index contributed by atoms with van der Waals surface area (Å²) >= 11 is 13.5. The van der Waals surface area contributed by atoms with E-state index in [1.54, 1.807) is 24.4 Å². The summed E-state index contributed by atoms with van der Waals surface area (Å²) in [5.74, 6) is 1.01. The molecule has 1 aliphatic rings. The fourth-order valence-electron chi connectivity index (χ4n) is 2.59. The minimum atomic E-state index is -0.0931. The maximum absolute atomic E-state index is 12.3. The second-order valence-electron chi connectivity index (χ2n) is 5.48. The van der Waals surface area contributed by atoms with Crippen LogP contribution in [0.4, 0.5) is 11.5 Å². The molecular formula is C17H17Cl2N3OS. The zero-order valence-corrected chi connectivity index (χ0v) is 15.3. The predicted molar refractivity (Wildman–Crippen MR) is 101 cm³/mol. The number of carbonyl (C=O) groups excluding carboxylic acids is 1. The molecule has 1 aliphatic heterocycles. The Kier molecular flexibility index (Phi) is 5.87. The molecule has 126 valence electrons. The monoisotopic (exact) mass is 381 g/mol. The Labute approximate surface area is 155 Å². The third-order valence-corrected chi connectivity index (χ3v) is 5.45. The lowest BCUT2D eigenvalue weighted by Gasteiger charge is -2.19. The molecule has 0 bridgehead atoms. The highest BCUT2D eigenvalue weighted by molar-refractivity contribution is 8.00. The fraction of sp³-hybridized carbons (Fsp3) is 0.294. The zero-order chi connectivity index (χ0) is 16.9. The van der Waals surface area contributed by atoms with Crippen molar-refractivity contribution in [3.8, 4) is 0 Å². The van der Waals surface area contributed by atoms with Gasteiger partial charge in [-0.3, -0.25) is 4.79 Å². The molecule has 0 unspecified atom stereocenters. The van der Waals surface area contributed by atoms with Crippen molar-refractivity contribution in [1.82, 2.24) is 4.98 Å². The van der Waals surface area contributed by atoms with E-state index in [1.165, 1.54) is 11.8 Å². The van der Waals surface area contributed by atoms with E-state index in [0.29, 0.717) is 10.0 Å². The second kappa shape index (κ2) is 8.10. The van der Waals surface area contributed by atoms with Crippen LogP contribution in [-0.2, 0) is 4.79 Å². The first-order valence-electron chi connectivity index (χ1n) is 7.71. The third kappa shape index (κ3) is 4.35. The van der Waals surface area contributed by atoms with Crippen LogP contribution in [0.25, 0.3) is 0 Å². The number of nitrogens with one attached hydrogen (secondary N) is 1. The van der Waals surface area contributed by atoms with Gasteiger partial charge in [0.2, 0.25) is 5.91 Å². The van der Waals surface area contributed by atoms with E-state index in [9.17, 15) is 4.79 Å². The summed E-state index contributed by atoms with van der Waals surface area (Å²) in [7, 11) is 0. The number of rotatable bonds is 5. The summed E-state index contributed by atoms with van der Waals surface area (Å²) in [5.41, 5.74) is 0.752. The minimum Gasteiger partial charge on any atom is -0.355 e. The number of hydrogen-bond acceptors (Lipinski definition) is 4. The summed E-state index contributed by atoms with van der Waals surface area (Å²) in [6, 6.07) is 8.94. The largest absolute Gasteiger partial charge is 0.355 e. The number of halogens is 2. The number of aromatic nitrogens is 1. The van der Waals surface area contributed by atoms with E-state index in [2.05, 4.69) is 15.2 Å². The molecule has 1 amide bonds. The quantitative estimate of drug-likeness (QED) is 0.761.